The largest absolute Gasteiger partial charge is 0.338 e. The summed E-state index contributed by atoms with van der Waals surface area (Å²) in [5, 5.41) is 6.93. The molecule has 0 bridgehead atoms. The van der Waals surface area contributed by atoms with E-state index in [1.165, 1.54) is 44.9 Å². The van der Waals surface area contributed by atoms with Crippen LogP contribution in [0.2, 0.25) is 0 Å². The summed E-state index contributed by atoms with van der Waals surface area (Å²) in [6, 6.07) is 2.44. The molecule has 0 unspecified atom stereocenters. The fourth-order valence-electron chi connectivity index (χ4n) is 3.53. The minimum atomic E-state index is -0.0759. The van der Waals surface area contributed by atoms with Gasteiger partial charge in [0.25, 0.3) is 0 Å². The van der Waals surface area contributed by atoms with Crippen LogP contribution in [0.15, 0.2) is 10.6 Å². The first-order valence-electron chi connectivity index (χ1n) is 9.43. The lowest BCUT2D eigenvalue weighted by atomic mass is 9.89. The second-order valence-corrected chi connectivity index (χ2v) is 8.54. The lowest BCUT2D eigenvalue weighted by Crippen LogP contribution is -2.38. The molecule has 0 saturated heterocycles. The normalized spacial score (nSPS) is 19.7. The molecule has 134 valence electrons. The van der Waals surface area contributed by atoms with E-state index < -0.39 is 0 Å². The van der Waals surface area contributed by atoms with Gasteiger partial charge in [-0.3, -0.25) is 15.0 Å². The van der Waals surface area contributed by atoms with E-state index in [4.69, 9.17) is 4.52 Å². The Balaban J connectivity index is 1.52. The van der Waals surface area contributed by atoms with Crippen LogP contribution >= 0.6 is 0 Å². The van der Waals surface area contributed by atoms with Crippen LogP contribution in [0.25, 0.3) is 0 Å². The highest BCUT2D eigenvalue weighted by Gasteiger charge is 2.32. The van der Waals surface area contributed by atoms with E-state index in [2.05, 4.69) is 36.1 Å². The third kappa shape index (κ3) is 4.82. The summed E-state index contributed by atoms with van der Waals surface area (Å²) >= 11 is 0. The molecule has 5 nitrogen and oxygen atoms in total. The summed E-state index contributed by atoms with van der Waals surface area (Å²) in [4.78, 5) is 14.8. The highest BCUT2D eigenvalue weighted by molar-refractivity contribution is 5.91. The van der Waals surface area contributed by atoms with E-state index in [1.54, 1.807) is 0 Å². The lowest BCUT2D eigenvalue weighted by Gasteiger charge is -2.29. The Bertz CT molecular complexity index is 551. The third-order valence-electron chi connectivity index (χ3n) is 5.17. The zero-order valence-electron chi connectivity index (χ0n) is 15.3. The maximum absolute atomic E-state index is 12.4. The van der Waals surface area contributed by atoms with Gasteiger partial charge < -0.3 is 4.52 Å². The highest BCUT2D eigenvalue weighted by atomic mass is 16.5. The Hall–Kier alpha value is -1.36. The molecule has 2 saturated carbocycles. The van der Waals surface area contributed by atoms with Gasteiger partial charge in [-0.2, -0.15) is 0 Å². The summed E-state index contributed by atoms with van der Waals surface area (Å²) in [7, 11) is 0. The summed E-state index contributed by atoms with van der Waals surface area (Å²) in [5.74, 6) is 1.23. The molecule has 0 radical (unpaired) electrons. The van der Waals surface area contributed by atoms with E-state index in [0.717, 1.165) is 18.2 Å². The first-order valence-corrected chi connectivity index (χ1v) is 9.43. The number of nitrogens with one attached hydrogen (secondary N) is 1. The van der Waals surface area contributed by atoms with Crippen LogP contribution in [-0.2, 0) is 10.2 Å². The van der Waals surface area contributed by atoms with Crippen molar-refractivity contribution in [1.29, 1.82) is 0 Å². The zero-order valence-corrected chi connectivity index (χ0v) is 15.3. The number of anilines is 1. The Morgan fingerprint density at radius 2 is 1.96 bits per heavy atom. The Labute approximate surface area is 145 Å². The molecule has 0 aliphatic heterocycles. The van der Waals surface area contributed by atoms with Gasteiger partial charge >= 0.3 is 0 Å². The molecule has 24 heavy (non-hydrogen) atoms. The van der Waals surface area contributed by atoms with Gasteiger partial charge in [-0.05, 0) is 31.6 Å². The second-order valence-electron chi connectivity index (χ2n) is 8.54. The molecule has 1 aromatic heterocycles. The topological polar surface area (TPSA) is 58.4 Å². The molecule has 0 aromatic carbocycles. The van der Waals surface area contributed by atoms with Gasteiger partial charge in [0.15, 0.2) is 0 Å². The molecule has 0 spiro atoms. The van der Waals surface area contributed by atoms with E-state index >= 15 is 0 Å². The van der Waals surface area contributed by atoms with Gasteiger partial charge in [0, 0.05) is 24.1 Å². The number of rotatable bonds is 6. The number of hydrogen-bond acceptors (Lipinski definition) is 4. The minimum absolute atomic E-state index is 0.00863. The Morgan fingerprint density at radius 1 is 1.25 bits per heavy atom. The van der Waals surface area contributed by atoms with Gasteiger partial charge in [0.2, 0.25) is 11.8 Å². The van der Waals surface area contributed by atoms with Crippen LogP contribution in [-0.4, -0.2) is 35.1 Å². The fourth-order valence-corrected chi connectivity index (χ4v) is 3.53. The first-order chi connectivity index (χ1) is 11.4. The van der Waals surface area contributed by atoms with Crippen molar-refractivity contribution < 1.29 is 9.32 Å². The molecular weight excluding hydrogens is 302 g/mol. The summed E-state index contributed by atoms with van der Waals surface area (Å²) in [5.41, 5.74) is 0.784. The van der Waals surface area contributed by atoms with Crippen molar-refractivity contribution in [3.63, 3.8) is 0 Å². The van der Waals surface area contributed by atoms with Crippen molar-refractivity contribution in [2.45, 2.75) is 77.2 Å². The average molecular weight is 333 g/mol. The minimum Gasteiger partial charge on any atom is -0.338 e. The average Bonchev–Trinajstić information content (AvgIpc) is 3.26. The molecule has 2 aliphatic carbocycles. The SMILES string of the molecule is CC(C)(C)c1cc(NC(=O)CN(CC2CCCCC2)C2CC2)on1. The lowest BCUT2D eigenvalue weighted by molar-refractivity contribution is -0.117. The van der Waals surface area contributed by atoms with Gasteiger partial charge in [0.05, 0.1) is 12.2 Å². The first kappa shape index (κ1) is 17.5. The molecule has 1 aromatic rings. The molecule has 1 amide bonds. The van der Waals surface area contributed by atoms with Crippen molar-refractivity contribution in [3.8, 4) is 0 Å². The van der Waals surface area contributed by atoms with Crippen molar-refractivity contribution in [2.75, 3.05) is 18.4 Å². The standard InChI is InChI=1S/C19H31N3O2/c1-19(2,3)16-11-18(24-21-16)20-17(23)13-22(15-9-10-15)12-14-7-5-4-6-8-14/h11,14-15H,4-10,12-13H2,1-3H3,(H,20,23). The molecule has 2 fully saturated rings. The molecule has 1 N–H and O–H groups in total. The van der Waals surface area contributed by atoms with Gasteiger partial charge in [0.1, 0.15) is 0 Å². The van der Waals surface area contributed by atoms with Crippen LogP contribution in [0.4, 0.5) is 5.88 Å². The maximum Gasteiger partial charge on any atom is 0.240 e. The molecule has 1 heterocycles. The van der Waals surface area contributed by atoms with Crippen molar-refractivity contribution in [1.82, 2.24) is 10.1 Å². The second kappa shape index (κ2) is 7.26. The van der Waals surface area contributed by atoms with E-state index in [1.807, 2.05) is 6.07 Å². The predicted octanol–water partition coefficient (Wildman–Crippen LogP) is 3.96. The highest BCUT2D eigenvalue weighted by Crippen LogP contribution is 2.31. The number of carbonyl (C=O) groups is 1. The van der Waals surface area contributed by atoms with Crippen LogP contribution in [0.5, 0.6) is 0 Å². The third-order valence-corrected chi connectivity index (χ3v) is 5.17. The monoisotopic (exact) mass is 333 g/mol. The summed E-state index contributed by atoms with van der Waals surface area (Å²) in [6.07, 6.45) is 9.19. The zero-order chi connectivity index (χ0) is 17.2. The van der Waals surface area contributed by atoms with Crippen molar-refractivity contribution in [2.24, 2.45) is 5.92 Å². The smallest absolute Gasteiger partial charge is 0.240 e. The molecule has 3 rings (SSSR count). The fraction of sp³-hybridized carbons (Fsp3) is 0.789. The number of nitrogens with zero attached hydrogens (tertiary/aromatic N) is 2. The van der Waals surface area contributed by atoms with Crippen molar-refractivity contribution in [3.05, 3.63) is 11.8 Å². The van der Waals surface area contributed by atoms with Crippen molar-refractivity contribution >= 4 is 11.8 Å². The molecule has 5 heteroatoms. The summed E-state index contributed by atoms with van der Waals surface area (Å²) < 4.78 is 5.27. The van der Waals surface area contributed by atoms with Crippen LogP contribution in [0.3, 0.4) is 0 Å². The van der Waals surface area contributed by atoms with Gasteiger partial charge in [-0.25, -0.2) is 0 Å². The Morgan fingerprint density at radius 3 is 2.54 bits per heavy atom. The number of hydrogen-bond donors (Lipinski definition) is 1. The molecule has 0 atom stereocenters. The van der Waals surface area contributed by atoms with Crippen LogP contribution in [0, 0.1) is 5.92 Å². The van der Waals surface area contributed by atoms with Crippen LogP contribution < -0.4 is 5.32 Å². The van der Waals surface area contributed by atoms with E-state index in [0.29, 0.717) is 18.5 Å². The maximum atomic E-state index is 12.4. The van der Waals surface area contributed by atoms with Crippen LogP contribution in [0.1, 0.15) is 71.4 Å². The van der Waals surface area contributed by atoms with E-state index in [-0.39, 0.29) is 11.3 Å². The quantitative estimate of drug-likeness (QED) is 0.856. The van der Waals surface area contributed by atoms with Gasteiger partial charge in [-0.1, -0.05) is 45.2 Å². The number of carbonyl (C=O) groups excluding carboxylic acids is 1. The summed E-state index contributed by atoms with van der Waals surface area (Å²) in [6.45, 7) is 7.77. The number of aromatic nitrogens is 1. The Kier molecular flexibility index (Phi) is 5.28. The predicted molar refractivity (Wildman–Crippen MR) is 95.0 cm³/mol. The molecular formula is C19H31N3O2. The van der Waals surface area contributed by atoms with E-state index in [9.17, 15) is 4.79 Å². The van der Waals surface area contributed by atoms with Gasteiger partial charge in [-0.15, -0.1) is 0 Å². The number of amides is 1. The molecule has 2 aliphatic rings.